The van der Waals surface area contributed by atoms with E-state index in [0.717, 1.165) is 10.1 Å². The number of Topliss-reactive ketones (excluding diaryl/α,β-unsaturated/α-hetero) is 1. The molecule has 3 heterocycles. The number of aromatic nitrogens is 5. The Labute approximate surface area is 297 Å². The summed E-state index contributed by atoms with van der Waals surface area (Å²) >= 11 is 0. The van der Waals surface area contributed by atoms with Gasteiger partial charge in [-0.05, 0) is 48.3 Å². The zero-order chi connectivity index (χ0) is 37.2. The number of hydrogen-bond acceptors (Lipinski definition) is 10. The number of nitrogens with zero attached hydrogens (tertiary/aromatic N) is 5. The summed E-state index contributed by atoms with van der Waals surface area (Å²) in [4.78, 5) is 73.5. The van der Waals surface area contributed by atoms with Crippen molar-refractivity contribution in [3.8, 4) is 23.0 Å². The van der Waals surface area contributed by atoms with Crippen LogP contribution < -0.4 is 31.1 Å². The summed E-state index contributed by atoms with van der Waals surface area (Å²) in [6.45, 7) is 3.40. The van der Waals surface area contributed by atoms with Crippen molar-refractivity contribution in [2.24, 2.45) is 24.3 Å². The average Bonchev–Trinajstić information content (AvgIpc) is 3.38. The molecule has 270 valence electrons. The van der Waals surface area contributed by atoms with Crippen molar-refractivity contribution >= 4 is 28.7 Å². The first-order chi connectivity index (χ1) is 24.8. The Morgan fingerprint density at radius 3 is 2.40 bits per heavy atom. The van der Waals surface area contributed by atoms with Gasteiger partial charge in [0, 0.05) is 44.0 Å². The fourth-order valence-electron chi connectivity index (χ4n) is 8.19. The molecule has 0 spiro atoms. The van der Waals surface area contributed by atoms with E-state index < -0.39 is 34.7 Å². The van der Waals surface area contributed by atoms with Crippen molar-refractivity contribution in [1.82, 2.24) is 23.5 Å². The van der Waals surface area contributed by atoms with Crippen LogP contribution in [0, 0.1) is 17.3 Å². The molecule has 0 bridgehead atoms. The summed E-state index contributed by atoms with van der Waals surface area (Å²) < 4.78 is 21.3. The van der Waals surface area contributed by atoms with Gasteiger partial charge in [0.25, 0.3) is 5.56 Å². The molecular weight excluding hydrogens is 670 g/mol. The van der Waals surface area contributed by atoms with Crippen LogP contribution in [0.25, 0.3) is 17.1 Å². The summed E-state index contributed by atoms with van der Waals surface area (Å²) in [5.41, 5.74) is 0.342. The van der Waals surface area contributed by atoms with E-state index in [9.17, 15) is 29.1 Å². The van der Waals surface area contributed by atoms with Crippen LogP contribution in [0.5, 0.6) is 23.0 Å². The molecule has 2 aromatic heterocycles. The molecule has 1 fully saturated rings. The second kappa shape index (κ2) is 12.7. The molecule has 1 aliphatic heterocycles. The smallest absolute Gasteiger partial charge is 0.347 e. The quantitative estimate of drug-likeness (QED) is 0.269. The number of carbonyl (C=O) groups is 2. The minimum absolute atomic E-state index is 0.000279. The van der Waals surface area contributed by atoms with E-state index >= 15 is 0 Å². The molecule has 14 nitrogen and oxygen atoms in total. The van der Waals surface area contributed by atoms with Crippen molar-refractivity contribution in [1.29, 1.82) is 0 Å². The van der Waals surface area contributed by atoms with Gasteiger partial charge in [0.05, 0.1) is 50.4 Å². The lowest BCUT2D eigenvalue weighted by molar-refractivity contribution is -0.140. The van der Waals surface area contributed by atoms with Gasteiger partial charge in [-0.3, -0.25) is 14.4 Å². The van der Waals surface area contributed by atoms with E-state index in [4.69, 9.17) is 14.2 Å². The second-order valence-corrected chi connectivity index (χ2v) is 13.6. The van der Waals surface area contributed by atoms with Crippen molar-refractivity contribution < 1.29 is 28.9 Å². The lowest BCUT2D eigenvalue weighted by atomic mass is 9.52. The van der Waals surface area contributed by atoms with Crippen molar-refractivity contribution in [2.45, 2.75) is 45.8 Å². The zero-order valence-electron chi connectivity index (χ0n) is 29.7. The van der Waals surface area contributed by atoms with Crippen LogP contribution in [-0.2, 0) is 36.1 Å². The Kier molecular flexibility index (Phi) is 8.43. The molecule has 0 saturated heterocycles. The van der Waals surface area contributed by atoms with Crippen molar-refractivity contribution in [3.05, 3.63) is 102 Å². The van der Waals surface area contributed by atoms with Gasteiger partial charge < -0.3 is 23.9 Å². The molecule has 0 radical (unpaired) electrons. The predicted molar refractivity (Wildman–Crippen MR) is 191 cm³/mol. The molecule has 52 heavy (non-hydrogen) atoms. The van der Waals surface area contributed by atoms with Crippen LogP contribution in [0.4, 0.5) is 0 Å². The monoisotopic (exact) mass is 709 g/mol. The second-order valence-electron chi connectivity index (χ2n) is 13.6. The van der Waals surface area contributed by atoms with Gasteiger partial charge in [-0.15, -0.1) is 0 Å². The number of rotatable bonds is 8. The standard InChI is InChI=1S/C38H39N5O9/c1-20-15-30(45)24-17-27-22(23(38(24,2)34(20)46)9-7-21-8-10-29(44)31(16-21)50-4)11-14-42-36(48)41(37(49)43(27)42)13-12-25-35(47)40(3)28-19-33(52-6)32(51-5)18-26(28)39-25/h7-11,15-16,18-19,23-24,27,44H,12-14,17H2,1-6H3/t23-,24-,27+,38-/m0/s1. The number of fused-ring (bicyclic) bond motifs is 5. The van der Waals surface area contributed by atoms with Crippen LogP contribution in [0.2, 0.25) is 0 Å². The molecule has 7 rings (SSSR count). The van der Waals surface area contributed by atoms with E-state index in [-0.39, 0.29) is 60.2 Å². The third-order valence-corrected chi connectivity index (χ3v) is 11.0. The molecule has 4 atom stereocenters. The molecule has 1 saturated carbocycles. The normalized spacial score (nSPS) is 22.5. The van der Waals surface area contributed by atoms with Crippen LogP contribution >= 0.6 is 0 Å². The van der Waals surface area contributed by atoms with Gasteiger partial charge in [0.1, 0.15) is 5.69 Å². The van der Waals surface area contributed by atoms with Crippen LogP contribution in [-0.4, -0.2) is 61.5 Å². The van der Waals surface area contributed by atoms with Crippen LogP contribution in [0.3, 0.4) is 0 Å². The number of phenols is 1. The number of methoxy groups -OCH3 is 3. The highest BCUT2D eigenvalue weighted by atomic mass is 16.5. The number of hydrogen-bond donors (Lipinski definition) is 1. The lowest BCUT2D eigenvalue weighted by Crippen LogP contribution is -2.55. The number of allylic oxidation sites excluding steroid dienone is 5. The number of aromatic hydroxyl groups is 1. The summed E-state index contributed by atoms with van der Waals surface area (Å²) in [7, 11) is 6.06. The Morgan fingerprint density at radius 2 is 1.69 bits per heavy atom. The molecule has 2 aromatic carbocycles. The van der Waals surface area contributed by atoms with Gasteiger partial charge in [-0.1, -0.05) is 31.2 Å². The molecule has 0 amide bonds. The maximum absolute atomic E-state index is 14.2. The summed E-state index contributed by atoms with van der Waals surface area (Å²) in [6, 6.07) is 7.51. The molecule has 2 aliphatic carbocycles. The fraction of sp³-hybridized carbons (Fsp3) is 0.368. The first-order valence-electron chi connectivity index (χ1n) is 16.9. The van der Waals surface area contributed by atoms with E-state index in [1.165, 1.54) is 47.4 Å². The SMILES string of the molecule is COc1cc(C=C[C@H]2C3=CCn4c(=O)n(CCc5nc6cc(OC)c(OC)cc6n(C)c5=O)c(=O)n4[C@@H]3C[C@H]3C(=O)C=C(C)C(=O)[C@@]23C)ccc1O. The maximum Gasteiger partial charge on any atom is 0.347 e. The third-order valence-electron chi connectivity index (χ3n) is 11.0. The molecule has 3 aliphatic rings. The van der Waals surface area contributed by atoms with E-state index in [0.29, 0.717) is 33.7 Å². The zero-order valence-corrected chi connectivity index (χ0v) is 29.7. The van der Waals surface area contributed by atoms with E-state index in [1.54, 1.807) is 45.2 Å². The summed E-state index contributed by atoms with van der Waals surface area (Å²) in [5, 5.41) is 10.1. The maximum atomic E-state index is 14.2. The number of benzene rings is 2. The molecule has 0 unspecified atom stereocenters. The number of ether oxygens (including phenoxy) is 3. The Morgan fingerprint density at radius 1 is 0.981 bits per heavy atom. The van der Waals surface area contributed by atoms with Crippen molar-refractivity contribution in [3.63, 3.8) is 0 Å². The number of ketones is 2. The third kappa shape index (κ3) is 5.15. The number of aryl methyl sites for hydroxylation is 2. The Balaban J connectivity index is 1.27. The fourth-order valence-corrected chi connectivity index (χ4v) is 8.19. The number of carbonyl (C=O) groups excluding carboxylic acids is 2. The highest BCUT2D eigenvalue weighted by Crippen LogP contribution is 2.56. The topological polar surface area (TPSA) is 166 Å². The van der Waals surface area contributed by atoms with E-state index in [2.05, 4.69) is 4.98 Å². The molecule has 14 heteroatoms. The summed E-state index contributed by atoms with van der Waals surface area (Å²) in [6.07, 6.45) is 7.07. The molecule has 1 N–H and O–H groups in total. The molecular formula is C38H39N5O9. The minimum atomic E-state index is -1.14. The van der Waals surface area contributed by atoms with Gasteiger partial charge in [-0.25, -0.2) is 28.5 Å². The highest BCUT2D eigenvalue weighted by Gasteiger charge is 2.58. The largest absolute Gasteiger partial charge is 0.504 e. The first-order valence-corrected chi connectivity index (χ1v) is 16.9. The Bertz CT molecular complexity index is 2460. The predicted octanol–water partition coefficient (Wildman–Crippen LogP) is 2.97. The van der Waals surface area contributed by atoms with Crippen molar-refractivity contribution in [2.75, 3.05) is 21.3 Å². The molecule has 4 aromatic rings. The Hall–Kier alpha value is -5.92. The van der Waals surface area contributed by atoms with Gasteiger partial charge in [0.15, 0.2) is 34.6 Å². The minimum Gasteiger partial charge on any atom is -0.504 e. The summed E-state index contributed by atoms with van der Waals surface area (Å²) in [5.74, 6) is -0.575. The van der Waals surface area contributed by atoms with Crippen LogP contribution in [0.15, 0.2) is 74.1 Å². The van der Waals surface area contributed by atoms with Gasteiger partial charge in [-0.2, -0.15) is 0 Å². The first kappa shape index (κ1) is 34.5. The number of phenolic OH excluding ortho intramolecular Hbond substituents is 1. The lowest BCUT2D eigenvalue weighted by Gasteiger charge is -2.51. The average molecular weight is 710 g/mol. The van der Waals surface area contributed by atoms with Crippen LogP contribution in [0.1, 0.15) is 37.6 Å². The van der Waals surface area contributed by atoms with Gasteiger partial charge in [0.2, 0.25) is 0 Å². The van der Waals surface area contributed by atoms with Gasteiger partial charge >= 0.3 is 11.4 Å². The van der Waals surface area contributed by atoms with E-state index in [1.807, 2.05) is 18.2 Å². The highest BCUT2D eigenvalue weighted by molar-refractivity contribution is 6.13.